The van der Waals surface area contributed by atoms with E-state index >= 15 is 0 Å². The van der Waals surface area contributed by atoms with Gasteiger partial charge in [0.1, 0.15) is 5.15 Å². The number of carbonyl (C=O) groups excluding carboxylic acids is 1. The number of fused-ring (bicyclic) bond motifs is 1. The summed E-state index contributed by atoms with van der Waals surface area (Å²) in [7, 11) is 1.46. The number of rotatable bonds is 5. The van der Waals surface area contributed by atoms with Gasteiger partial charge >= 0.3 is 11.9 Å². The Bertz CT molecular complexity index is 1180. The minimum absolute atomic E-state index is 0.0250. The van der Waals surface area contributed by atoms with E-state index in [-0.39, 0.29) is 26.9 Å². The number of carbonyl (C=O) groups is 2. The molecule has 0 aliphatic heterocycles. The summed E-state index contributed by atoms with van der Waals surface area (Å²) in [6, 6.07) is 3.71. The van der Waals surface area contributed by atoms with Crippen molar-refractivity contribution in [2.75, 3.05) is 6.67 Å². The molecule has 0 aliphatic rings. The average Bonchev–Trinajstić information content (AvgIpc) is 2.98. The van der Waals surface area contributed by atoms with E-state index in [1.54, 1.807) is 6.92 Å². The summed E-state index contributed by atoms with van der Waals surface area (Å²) in [6.45, 7) is -0.298. The van der Waals surface area contributed by atoms with Gasteiger partial charge in [-0.15, -0.1) is 0 Å². The van der Waals surface area contributed by atoms with Gasteiger partial charge in [-0.1, -0.05) is 23.2 Å². The molecule has 0 unspecified atom stereocenters. The topological polar surface area (TPSA) is 72.2 Å². The molecule has 0 amide bonds. The third-order valence-electron chi connectivity index (χ3n) is 4.62. The molecular weight excluding hydrogens is 432 g/mol. The standard InChI is InChI=1S/C19H13Cl2F3N2O3/c1-8-3-9(19(23,24)7-22)4-12-10(8)5-13(26(12)2)16(27)14-15(20)11(18(28)29)6-25-17(14)21/h3-6H,7H2,1-2H3,(H,28,29). The van der Waals surface area contributed by atoms with Gasteiger partial charge in [-0.05, 0) is 30.7 Å². The van der Waals surface area contributed by atoms with E-state index < -0.39 is 35.5 Å². The van der Waals surface area contributed by atoms with Crippen LogP contribution in [0.25, 0.3) is 10.9 Å². The zero-order valence-corrected chi connectivity index (χ0v) is 16.6. The Morgan fingerprint density at radius 1 is 1.24 bits per heavy atom. The van der Waals surface area contributed by atoms with Gasteiger partial charge < -0.3 is 9.67 Å². The summed E-state index contributed by atoms with van der Waals surface area (Å²) in [5.41, 5.74) is -0.529. The number of nitrogens with zero attached hydrogens (tertiary/aromatic N) is 2. The highest BCUT2D eigenvalue weighted by Crippen LogP contribution is 2.35. The van der Waals surface area contributed by atoms with Crippen molar-refractivity contribution >= 4 is 45.9 Å². The van der Waals surface area contributed by atoms with E-state index in [1.807, 2.05) is 0 Å². The van der Waals surface area contributed by atoms with Gasteiger partial charge in [0.05, 0.1) is 21.8 Å². The molecule has 2 heterocycles. The van der Waals surface area contributed by atoms with Crippen LogP contribution in [0.2, 0.25) is 10.2 Å². The Labute approximate surface area is 172 Å². The Morgan fingerprint density at radius 3 is 2.48 bits per heavy atom. The number of hydrogen-bond donors (Lipinski definition) is 1. The Kier molecular flexibility index (Phi) is 5.36. The number of hydrogen-bond acceptors (Lipinski definition) is 3. The van der Waals surface area contributed by atoms with Crippen LogP contribution in [-0.4, -0.2) is 33.1 Å². The molecule has 152 valence electrons. The normalized spacial score (nSPS) is 11.8. The van der Waals surface area contributed by atoms with Crippen LogP contribution in [-0.2, 0) is 13.0 Å². The molecule has 10 heteroatoms. The minimum Gasteiger partial charge on any atom is -0.478 e. The SMILES string of the molecule is Cc1cc(C(F)(F)CF)cc2c1cc(C(=O)c1c(Cl)ncc(C(=O)O)c1Cl)n2C. The van der Waals surface area contributed by atoms with Crippen molar-refractivity contribution in [2.45, 2.75) is 12.8 Å². The fourth-order valence-electron chi connectivity index (χ4n) is 3.05. The molecule has 3 aromatic rings. The number of aromatic nitrogens is 2. The largest absolute Gasteiger partial charge is 0.478 e. The second kappa shape index (κ2) is 7.35. The number of benzene rings is 1. The number of halogens is 5. The van der Waals surface area contributed by atoms with Crippen LogP contribution in [0.15, 0.2) is 24.4 Å². The maximum absolute atomic E-state index is 13.8. The lowest BCUT2D eigenvalue weighted by atomic mass is 10.0. The van der Waals surface area contributed by atoms with E-state index in [2.05, 4.69) is 4.98 Å². The summed E-state index contributed by atoms with van der Waals surface area (Å²) < 4.78 is 41.7. The van der Waals surface area contributed by atoms with E-state index in [1.165, 1.54) is 17.7 Å². The maximum Gasteiger partial charge on any atom is 0.338 e. The van der Waals surface area contributed by atoms with Gasteiger partial charge in [-0.3, -0.25) is 4.79 Å². The first kappa shape index (κ1) is 21.1. The second-order valence-electron chi connectivity index (χ2n) is 6.44. The minimum atomic E-state index is -3.67. The average molecular weight is 445 g/mol. The highest BCUT2D eigenvalue weighted by atomic mass is 35.5. The van der Waals surface area contributed by atoms with Crippen LogP contribution in [0.5, 0.6) is 0 Å². The lowest BCUT2D eigenvalue weighted by Gasteiger charge is -2.14. The number of carboxylic acid groups (broad SMARTS) is 1. The van der Waals surface area contributed by atoms with Gasteiger partial charge in [0, 0.05) is 29.7 Å². The number of aryl methyl sites for hydroxylation is 2. The molecule has 0 saturated heterocycles. The summed E-state index contributed by atoms with van der Waals surface area (Å²) in [5.74, 6) is -5.79. The number of ketones is 1. The second-order valence-corrected chi connectivity index (χ2v) is 7.17. The van der Waals surface area contributed by atoms with Gasteiger partial charge in [0.25, 0.3) is 0 Å². The molecular formula is C19H13Cl2F3N2O3. The van der Waals surface area contributed by atoms with E-state index in [9.17, 15) is 27.9 Å². The van der Waals surface area contributed by atoms with Crippen molar-refractivity contribution in [1.29, 1.82) is 0 Å². The molecule has 3 rings (SSSR count). The number of pyridine rings is 1. The first-order chi connectivity index (χ1) is 13.5. The molecule has 5 nitrogen and oxygen atoms in total. The van der Waals surface area contributed by atoms with Gasteiger partial charge in [0.15, 0.2) is 6.67 Å². The van der Waals surface area contributed by atoms with Crippen molar-refractivity contribution in [3.8, 4) is 0 Å². The Hall–Kier alpha value is -2.58. The van der Waals surface area contributed by atoms with Crippen molar-refractivity contribution < 1.29 is 27.9 Å². The molecule has 0 saturated carbocycles. The molecule has 2 aromatic heterocycles. The predicted molar refractivity (Wildman–Crippen MR) is 102 cm³/mol. The van der Waals surface area contributed by atoms with Crippen molar-refractivity contribution in [3.63, 3.8) is 0 Å². The third kappa shape index (κ3) is 3.47. The summed E-state index contributed by atoms with van der Waals surface area (Å²) >= 11 is 12.0. The van der Waals surface area contributed by atoms with Gasteiger partial charge in [-0.25, -0.2) is 14.2 Å². The van der Waals surface area contributed by atoms with Crippen LogP contribution in [0, 0.1) is 6.92 Å². The molecule has 0 spiro atoms. The van der Waals surface area contributed by atoms with Crippen LogP contribution in [0.3, 0.4) is 0 Å². The third-order valence-corrected chi connectivity index (χ3v) is 5.30. The molecule has 0 radical (unpaired) electrons. The molecule has 0 aliphatic carbocycles. The Morgan fingerprint density at radius 2 is 1.90 bits per heavy atom. The predicted octanol–water partition coefficient (Wildman–Crippen LogP) is 5.18. The lowest BCUT2D eigenvalue weighted by Crippen LogP contribution is -2.16. The van der Waals surface area contributed by atoms with Gasteiger partial charge in [0.2, 0.25) is 5.78 Å². The Balaban J connectivity index is 2.23. The van der Waals surface area contributed by atoms with E-state index in [0.29, 0.717) is 10.9 Å². The van der Waals surface area contributed by atoms with Crippen LogP contribution in [0.4, 0.5) is 13.2 Å². The smallest absolute Gasteiger partial charge is 0.338 e. The lowest BCUT2D eigenvalue weighted by molar-refractivity contribution is -0.0280. The zero-order chi connectivity index (χ0) is 21.7. The monoisotopic (exact) mass is 444 g/mol. The molecule has 29 heavy (non-hydrogen) atoms. The number of alkyl halides is 3. The molecule has 1 aromatic carbocycles. The van der Waals surface area contributed by atoms with Crippen molar-refractivity contribution in [1.82, 2.24) is 9.55 Å². The fourth-order valence-corrected chi connectivity index (χ4v) is 3.64. The quantitative estimate of drug-likeness (QED) is 0.434. The van der Waals surface area contributed by atoms with Crippen LogP contribution < -0.4 is 0 Å². The zero-order valence-electron chi connectivity index (χ0n) is 15.1. The van der Waals surface area contributed by atoms with E-state index in [4.69, 9.17) is 23.2 Å². The van der Waals surface area contributed by atoms with Crippen LogP contribution >= 0.6 is 23.2 Å². The van der Waals surface area contributed by atoms with E-state index in [0.717, 1.165) is 18.3 Å². The highest BCUT2D eigenvalue weighted by Gasteiger charge is 2.33. The molecule has 0 fully saturated rings. The molecule has 0 bridgehead atoms. The maximum atomic E-state index is 13.8. The first-order valence-electron chi connectivity index (χ1n) is 8.16. The first-order valence-corrected chi connectivity index (χ1v) is 8.91. The summed E-state index contributed by atoms with van der Waals surface area (Å²) in [6.07, 6.45) is 0.931. The number of carboxylic acids is 1. The fraction of sp³-hybridized carbons (Fsp3) is 0.211. The molecule has 0 atom stereocenters. The molecule has 1 N–H and O–H groups in total. The van der Waals surface area contributed by atoms with Gasteiger partial charge in [-0.2, -0.15) is 8.78 Å². The van der Waals surface area contributed by atoms with Crippen LogP contribution in [0.1, 0.15) is 37.5 Å². The summed E-state index contributed by atoms with van der Waals surface area (Å²) in [5, 5.41) is 9.00. The van der Waals surface area contributed by atoms with Crippen molar-refractivity contribution in [3.05, 3.63) is 62.5 Å². The number of aromatic carboxylic acids is 1. The summed E-state index contributed by atoms with van der Waals surface area (Å²) in [4.78, 5) is 28.0. The van der Waals surface area contributed by atoms with Crippen molar-refractivity contribution in [2.24, 2.45) is 7.05 Å². The highest BCUT2D eigenvalue weighted by molar-refractivity contribution is 6.42.